The molecule has 4 heteroatoms. The van der Waals surface area contributed by atoms with E-state index >= 15 is 0 Å². The second kappa shape index (κ2) is 4.92. The van der Waals surface area contributed by atoms with E-state index < -0.39 is 11.7 Å². The van der Waals surface area contributed by atoms with Crippen LogP contribution in [-0.2, 0) is 4.79 Å². The maximum Gasteiger partial charge on any atom is 2.00 e. The van der Waals surface area contributed by atoms with E-state index in [2.05, 4.69) is 0 Å². The summed E-state index contributed by atoms with van der Waals surface area (Å²) < 4.78 is 0. The van der Waals surface area contributed by atoms with Gasteiger partial charge in [-0.2, -0.15) is 0 Å². The summed E-state index contributed by atoms with van der Waals surface area (Å²) in [6.07, 6.45) is 0.500. The van der Waals surface area contributed by atoms with E-state index in [4.69, 9.17) is 0 Å². The molecule has 3 nitrogen and oxygen atoms in total. The fourth-order valence-electron chi connectivity index (χ4n) is 0.166. The Morgan fingerprint density at radius 3 is 1.88 bits per heavy atom. The van der Waals surface area contributed by atoms with Crippen LogP contribution < -0.4 is 10.2 Å². The Labute approximate surface area is 63.2 Å². The predicted molar refractivity (Wildman–Crippen MR) is 24.5 cm³/mol. The molecule has 0 amide bonds. The number of aliphatic carboxylic acids is 1. The Hall–Kier alpha value is -0.224. The predicted octanol–water partition coefficient (Wildman–Crippen LogP) is -2.38. The van der Waals surface area contributed by atoms with Crippen molar-refractivity contribution in [2.75, 3.05) is 0 Å². The second-order valence-electron chi connectivity index (χ2n) is 1.07. The first-order valence-electron chi connectivity index (χ1n) is 1.69. The maximum atomic E-state index is 9.78. The van der Waals surface area contributed by atoms with E-state index in [-0.39, 0.29) is 23.1 Å². The minimum Gasteiger partial charge on any atom is -0.876 e. The smallest absolute Gasteiger partial charge is 0.876 e. The summed E-state index contributed by atoms with van der Waals surface area (Å²) in [7, 11) is 0. The van der Waals surface area contributed by atoms with Gasteiger partial charge in [0.05, 0.1) is 5.97 Å². The average Bonchev–Trinajstić information content (AvgIpc) is 1.27. The van der Waals surface area contributed by atoms with Gasteiger partial charge in [0.2, 0.25) is 0 Å². The van der Waals surface area contributed by atoms with Gasteiger partial charge in [-0.25, -0.2) is 0 Å². The van der Waals surface area contributed by atoms with E-state index in [1.807, 2.05) is 0 Å². The number of allylic oxidation sites excluding steroid dienone is 1. The molecular weight excluding hydrogens is 120 g/mol. The molecule has 0 aliphatic heterocycles. The fraction of sp³-hybridized carbons (Fsp3) is 0.250. The summed E-state index contributed by atoms with van der Waals surface area (Å²) in [5, 5.41) is 19.2. The fourth-order valence-corrected chi connectivity index (χ4v) is 0.166. The Morgan fingerprint density at radius 2 is 1.88 bits per heavy atom. The Bertz CT molecular complexity index is 104. The quantitative estimate of drug-likeness (QED) is 0.223. The number of carboxylic acid groups (broad SMARTS) is 1. The van der Waals surface area contributed by atoms with Crippen LogP contribution in [-0.4, -0.2) is 29.0 Å². The third-order valence-electron chi connectivity index (χ3n) is 0.321. The molecule has 0 radical (unpaired) electrons. The van der Waals surface area contributed by atoms with Crippen molar-refractivity contribution < 1.29 is 15.0 Å². The van der Waals surface area contributed by atoms with Gasteiger partial charge in [0.15, 0.2) is 0 Å². The van der Waals surface area contributed by atoms with E-state index in [1.165, 1.54) is 0 Å². The molecule has 0 heterocycles. The molecule has 0 aliphatic carbocycles. The average molecular weight is 124 g/mol. The van der Waals surface area contributed by atoms with Crippen molar-refractivity contribution in [3.8, 4) is 0 Å². The van der Waals surface area contributed by atoms with E-state index in [0.29, 0.717) is 6.08 Å². The number of hydrogen-bond acceptors (Lipinski definition) is 3. The molecule has 0 saturated heterocycles. The van der Waals surface area contributed by atoms with Crippen LogP contribution in [0.4, 0.5) is 0 Å². The third kappa shape index (κ3) is 9.24. The van der Waals surface area contributed by atoms with E-state index in [1.54, 1.807) is 0 Å². The van der Waals surface area contributed by atoms with Gasteiger partial charge in [-0.3, -0.25) is 0 Å². The number of carbonyl (C=O) groups excluding carboxylic acids is 1. The van der Waals surface area contributed by atoms with Crippen molar-refractivity contribution in [2.24, 2.45) is 0 Å². The van der Waals surface area contributed by atoms with E-state index in [0.717, 1.165) is 6.92 Å². The molecule has 0 N–H and O–H groups in total. The summed E-state index contributed by atoms with van der Waals surface area (Å²) in [5.74, 6) is -1.94. The summed E-state index contributed by atoms with van der Waals surface area (Å²) in [6, 6.07) is 0. The number of carboxylic acids is 1. The number of rotatable bonds is 1. The van der Waals surface area contributed by atoms with Crippen LogP contribution in [0.25, 0.3) is 0 Å². The second-order valence-corrected chi connectivity index (χ2v) is 1.07. The number of carbonyl (C=O) groups is 1. The van der Waals surface area contributed by atoms with Crippen LogP contribution in [0, 0.1) is 0 Å². The van der Waals surface area contributed by atoms with Crippen molar-refractivity contribution in [1.29, 1.82) is 0 Å². The van der Waals surface area contributed by atoms with Gasteiger partial charge in [-0.15, -0.1) is 5.76 Å². The van der Waals surface area contributed by atoms with Crippen molar-refractivity contribution in [1.82, 2.24) is 0 Å². The molecule has 40 valence electrons. The Balaban J connectivity index is 0. The summed E-state index contributed by atoms with van der Waals surface area (Å²) in [5.41, 5.74) is 0. The molecule has 0 rings (SSSR count). The van der Waals surface area contributed by atoms with Gasteiger partial charge in [-0.1, -0.05) is 13.0 Å². The molecule has 0 aromatic rings. The zero-order valence-electron chi connectivity index (χ0n) is 4.51. The van der Waals surface area contributed by atoms with Crippen LogP contribution in [0.2, 0.25) is 0 Å². The van der Waals surface area contributed by atoms with Crippen LogP contribution in [0.5, 0.6) is 0 Å². The maximum absolute atomic E-state index is 9.78. The van der Waals surface area contributed by atoms with Gasteiger partial charge < -0.3 is 15.0 Å². The van der Waals surface area contributed by atoms with Gasteiger partial charge >= 0.3 is 23.1 Å². The molecule has 0 aromatic carbocycles. The Kier molecular flexibility index (Phi) is 6.59. The molecule has 0 atom stereocenters. The molecular formula is C4H4MgO3. The number of hydrogen-bond donors (Lipinski definition) is 0. The zero-order valence-corrected chi connectivity index (χ0v) is 5.92. The SMILES string of the molecule is C/C([O-])=C/C(=O)[O-].[Mg+2]. The first kappa shape index (κ1) is 10.7. The van der Waals surface area contributed by atoms with Crippen LogP contribution in [0.3, 0.4) is 0 Å². The molecule has 0 unspecified atom stereocenters. The summed E-state index contributed by atoms with van der Waals surface area (Å²) in [6.45, 7) is 1.15. The van der Waals surface area contributed by atoms with Crippen LogP contribution in [0.15, 0.2) is 11.8 Å². The zero-order chi connectivity index (χ0) is 5.86. The molecule has 0 aromatic heterocycles. The molecule has 0 spiro atoms. The first-order valence-corrected chi connectivity index (χ1v) is 1.69. The summed E-state index contributed by atoms with van der Waals surface area (Å²) >= 11 is 0. The molecule has 8 heavy (non-hydrogen) atoms. The topological polar surface area (TPSA) is 63.2 Å². The van der Waals surface area contributed by atoms with Gasteiger partial charge in [0, 0.05) is 0 Å². The largest absolute Gasteiger partial charge is 2.00 e. The molecule has 0 fully saturated rings. The first-order chi connectivity index (χ1) is 3.13. The standard InChI is InChI=1S/C4H6O3.Mg/c1-3(5)2-4(6)7;/h2,5H,1H3,(H,6,7);/q;+2/p-2/b3-2-;. The third-order valence-corrected chi connectivity index (χ3v) is 0.321. The molecule has 0 bridgehead atoms. The van der Waals surface area contributed by atoms with Crippen molar-refractivity contribution in [3.05, 3.63) is 11.8 Å². The normalized spacial score (nSPS) is 9.88. The van der Waals surface area contributed by atoms with Crippen molar-refractivity contribution >= 4 is 29.0 Å². The monoisotopic (exact) mass is 124 g/mol. The van der Waals surface area contributed by atoms with Gasteiger partial charge in [0.1, 0.15) is 0 Å². The van der Waals surface area contributed by atoms with Gasteiger partial charge in [-0.05, 0) is 0 Å². The minimum absolute atomic E-state index is 0. The van der Waals surface area contributed by atoms with Gasteiger partial charge in [0.25, 0.3) is 0 Å². The van der Waals surface area contributed by atoms with Crippen molar-refractivity contribution in [3.63, 3.8) is 0 Å². The van der Waals surface area contributed by atoms with Crippen LogP contribution >= 0.6 is 0 Å². The summed E-state index contributed by atoms with van der Waals surface area (Å²) in [4.78, 5) is 9.42. The van der Waals surface area contributed by atoms with Crippen molar-refractivity contribution in [2.45, 2.75) is 6.92 Å². The molecule has 0 saturated carbocycles. The Morgan fingerprint density at radius 1 is 1.50 bits per heavy atom. The minimum atomic E-state index is -1.44. The van der Waals surface area contributed by atoms with Crippen LogP contribution in [0.1, 0.15) is 6.92 Å². The molecule has 0 aliphatic rings. The van der Waals surface area contributed by atoms with E-state index in [9.17, 15) is 15.0 Å².